The normalized spacial score (nSPS) is 15.7. The van der Waals surface area contributed by atoms with Gasteiger partial charge in [-0.05, 0) is 23.3 Å². The van der Waals surface area contributed by atoms with Crippen LogP contribution in [-0.2, 0) is 44.8 Å². The Balaban J connectivity index is 0.000000214. The van der Waals surface area contributed by atoms with Crippen LogP contribution < -0.4 is 0 Å². The second-order valence-corrected chi connectivity index (χ2v) is 9.66. The zero-order valence-electron chi connectivity index (χ0n) is 19.1. The standard InChI is InChI=1S/2C12H8N2O.2Ag.F6P/c2*15-14-12-10-5-2-1-4-8(10)9-6-3-7-13-11(9)12;;;1-7(2,3,4,5)6/h2*1-7,15H;;;/q;;2*+1;-1. The average molecular weight is 753 g/mol. The van der Waals surface area contributed by atoms with E-state index in [0.717, 1.165) is 44.8 Å². The molecule has 2 aromatic heterocycles. The summed E-state index contributed by atoms with van der Waals surface area (Å²) in [5.41, 5.74) is 8.70. The van der Waals surface area contributed by atoms with Crippen LogP contribution >= 0.6 is 7.81 Å². The number of pyridine rings is 2. The first kappa shape index (κ1) is 32.4. The molecule has 0 aliphatic heterocycles. The van der Waals surface area contributed by atoms with E-state index < -0.39 is 7.81 Å². The van der Waals surface area contributed by atoms with Gasteiger partial charge in [0.25, 0.3) is 0 Å². The molecule has 0 bridgehead atoms. The maximum absolute atomic E-state index is 10.7. The van der Waals surface area contributed by atoms with E-state index in [2.05, 4.69) is 20.3 Å². The monoisotopic (exact) mass is 751 g/mol. The minimum atomic E-state index is -10.7. The molecule has 0 saturated heterocycles. The SMILES string of the molecule is F[P-](F)(F)(F)(F)F.ON=C1c2ccccc2-c2cccnc21.ON=C1c2ccccc2-c2cccnc21.[Ag+].[Ag+]. The van der Waals surface area contributed by atoms with Crippen LogP contribution in [0.2, 0.25) is 0 Å². The first-order chi connectivity index (χ1) is 17.3. The fraction of sp³-hybridized carbons (Fsp3) is 0. The Morgan fingerprint density at radius 3 is 1.08 bits per heavy atom. The molecule has 2 aromatic carbocycles. The van der Waals surface area contributed by atoms with Crippen molar-refractivity contribution < 1.29 is 80.4 Å². The van der Waals surface area contributed by atoms with Gasteiger partial charge in [-0.3, -0.25) is 9.97 Å². The molecule has 0 spiro atoms. The summed E-state index contributed by atoms with van der Waals surface area (Å²) in [6.07, 6.45) is 3.41. The van der Waals surface area contributed by atoms with Crippen molar-refractivity contribution in [2.75, 3.05) is 0 Å². The quantitative estimate of drug-likeness (QED) is 0.0542. The van der Waals surface area contributed by atoms with Gasteiger partial charge in [-0.1, -0.05) is 71.0 Å². The Labute approximate surface area is 248 Å². The summed E-state index contributed by atoms with van der Waals surface area (Å²) in [5.74, 6) is 0. The van der Waals surface area contributed by atoms with Crippen molar-refractivity contribution in [3.8, 4) is 22.3 Å². The Bertz CT molecular complexity index is 1360. The van der Waals surface area contributed by atoms with Crippen molar-refractivity contribution in [2.45, 2.75) is 0 Å². The summed E-state index contributed by atoms with van der Waals surface area (Å²) in [6.45, 7) is 0. The second-order valence-electron chi connectivity index (χ2n) is 7.75. The molecule has 2 N–H and O–H groups in total. The van der Waals surface area contributed by atoms with Crippen LogP contribution in [0.5, 0.6) is 0 Å². The van der Waals surface area contributed by atoms with Gasteiger partial charge >= 0.3 is 77.8 Å². The van der Waals surface area contributed by atoms with E-state index in [9.17, 15) is 25.2 Å². The Kier molecular flexibility index (Phi) is 9.42. The van der Waals surface area contributed by atoms with Crippen LogP contribution in [-0.4, -0.2) is 31.8 Å². The molecule has 212 valence electrons. The van der Waals surface area contributed by atoms with Crippen molar-refractivity contribution in [3.63, 3.8) is 0 Å². The van der Waals surface area contributed by atoms with Gasteiger partial charge in [-0.15, -0.1) is 0 Å². The fourth-order valence-electron chi connectivity index (χ4n) is 3.93. The van der Waals surface area contributed by atoms with Crippen molar-refractivity contribution in [1.82, 2.24) is 9.97 Å². The van der Waals surface area contributed by atoms with E-state index in [1.54, 1.807) is 12.4 Å². The summed E-state index contributed by atoms with van der Waals surface area (Å²) in [4.78, 5) is 8.47. The van der Waals surface area contributed by atoms with Gasteiger partial charge in [-0.2, -0.15) is 0 Å². The Morgan fingerprint density at radius 1 is 0.487 bits per heavy atom. The largest absolute Gasteiger partial charge is 1.00 e. The number of benzene rings is 2. The number of hydrogen-bond acceptors (Lipinski definition) is 6. The minimum absolute atomic E-state index is 0. The van der Waals surface area contributed by atoms with Crippen LogP contribution in [0, 0.1) is 0 Å². The van der Waals surface area contributed by atoms with Crippen molar-refractivity contribution in [3.05, 3.63) is 108 Å². The number of aromatic nitrogens is 2. The average Bonchev–Trinajstić information content (AvgIpc) is 3.35. The van der Waals surface area contributed by atoms with E-state index >= 15 is 0 Å². The number of fused-ring (bicyclic) bond motifs is 6. The molecule has 15 heteroatoms. The molecule has 4 aromatic rings. The smallest absolute Gasteiger partial charge is 0.410 e. The first-order valence-electron chi connectivity index (χ1n) is 10.4. The van der Waals surface area contributed by atoms with Gasteiger partial charge < -0.3 is 10.4 Å². The third-order valence-corrected chi connectivity index (χ3v) is 5.21. The van der Waals surface area contributed by atoms with Crippen LogP contribution in [0.15, 0.2) is 95.5 Å². The molecule has 0 unspecified atom stereocenters. The van der Waals surface area contributed by atoms with Crippen molar-refractivity contribution in [2.24, 2.45) is 10.3 Å². The predicted molar refractivity (Wildman–Crippen MR) is 128 cm³/mol. The summed E-state index contributed by atoms with van der Waals surface area (Å²) in [6, 6.07) is 23.4. The van der Waals surface area contributed by atoms with Gasteiger partial charge in [0.05, 0.1) is 0 Å². The summed E-state index contributed by atoms with van der Waals surface area (Å²) >= 11 is 0. The van der Waals surface area contributed by atoms with E-state index in [1.165, 1.54) is 0 Å². The summed E-state index contributed by atoms with van der Waals surface area (Å²) in [7, 11) is -10.7. The van der Waals surface area contributed by atoms with Crippen LogP contribution in [0.4, 0.5) is 25.2 Å². The number of oxime groups is 2. The van der Waals surface area contributed by atoms with Gasteiger partial charge in [0.15, 0.2) is 0 Å². The number of hydrogen-bond donors (Lipinski definition) is 2. The van der Waals surface area contributed by atoms with Crippen molar-refractivity contribution >= 4 is 19.2 Å². The van der Waals surface area contributed by atoms with E-state index in [1.807, 2.05) is 72.8 Å². The molecular formula is C24H16Ag2F6N4O2P+. The molecule has 0 radical (unpaired) electrons. The topological polar surface area (TPSA) is 91.0 Å². The predicted octanol–water partition coefficient (Wildman–Crippen LogP) is 7.95. The fourth-order valence-corrected chi connectivity index (χ4v) is 3.93. The van der Waals surface area contributed by atoms with E-state index in [4.69, 9.17) is 10.4 Å². The van der Waals surface area contributed by atoms with Crippen LogP contribution in [0.1, 0.15) is 22.5 Å². The molecule has 6 nitrogen and oxygen atoms in total. The van der Waals surface area contributed by atoms with Gasteiger partial charge in [0.1, 0.15) is 22.8 Å². The van der Waals surface area contributed by atoms with Gasteiger partial charge in [0, 0.05) is 34.6 Å². The minimum Gasteiger partial charge on any atom is -0.410 e. The van der Waals surface area contributed by atoms with E-state index in [0.29, 0.717) is 11.4 Å². The summed E-state index contributed by atoms with van der Waals surface area (Å²) < 4.78 is 59.2. The molecule has 2 aliphatic rings. The molecular weight excluding hydrogens is 737 g/mol. The third kappa shape index (κ3) is 8.09. The number of nitrogens with zero attached hydrogens (tertiary/aromatic N) is 4. The molecule has 6 rings (SSSR count). The molecule has 2 aliphatic carbocycles. The van der Waals surface area contributed by atoms with Crippen LogP contribution in [0.3, 0.4) is 0 Å². The zero-order valence-corrected chi connectivity index (χ0v) is 22.9. The zero-order chi connectivity index (χ0) is 26.9. The molecule has 0 fully saturated rings. The Morgan fingerprint density at radius 2 is 0.769 bits per heavy atom. The van der Waals surface area contributed by atoms with E-state index in [-0.39, 0.29) is 44.8 Å². The maximum Gasteiger partial charge on any atom is 1.00 e. The van der Waals surface area contributed by atoms with Crippen LogP contribution in [0.25, 0.3) is 22.3 Å². The molecule has 0 atom stereocenters. The number of halogens is 6. The molecule has 39 heavy (non-hydrogen) atoms. The molecule has 0 amide bonds. The first-order valence-corrected chi connectivity index (χ1v) is 12.4. The molecule has 2 heterocycles. The molecule has 0 saturated carbocycles. The van der Waals surface area contributed by atoms with Crippen molar-refractivity contribution in [1.29, 1.82) is 0 Å². The second kappa shape index (κ2) is 11.3. The van der Waals surface area contributed by atoms with Gasteiger partial charge in [-0.25, -0.2) is 0 Å². The number of rotatable bonds is 0. The maximum atomic E-state index is 9.87. The Hall–Kier alpha value is -2.83. The summed E-state index contributed by atoms with van der Waals surface area (Å²) in [5, 5.41) is 24.7. The van der Waals surface area contributed by atoms with Gasteiger partial charge in [0.2, 0.25) is 0 Å². The third-order valence-electron chi connectivity index (χ3n) is 5.21.